The second-order valence-electron chi connectivity index (χ2n) is 2.19. The van der Waals surface area contributed by atoms with Crippen molar-refractivity contribution >= 4 is 5.71 Å². The summed E-state index contributed by atoms with van der Waals surface area (Å²) in [4.78, 5) is 0. The quantitative estimate of drug-likeness (QED) is 0.546. The fourth-order valence-electron chi connectivity index (χ4n) is 0.834. The molecule has 0 fully saturated rings. The van der Waals surface area contributed by atoms with Crippen LogP contribution in [0.4, 0.5) is 0 Å². The first-order chi connectivity index (χ1) is 5.36. The van der Waals surface area contributed by atoms with E-state index in [1.54, 1.807) is 23.2 Å². The van der Waals surface area contributed by atoms with Gasteiger partial charge in [-0.05, 0) is 6.08 Å². The molecule has 0 aromatic carbocycles. The van der Waals surface area contributed by atoms with Gasteiger partial charge in [0.15, 0.2) is 0 Å². The fraction of sp³-hybridized carbons (Fsp3) is 0.167. The van der Waals surface area contributed by atoms with Gasteiger partial charge in [-0.1, -0.05) is 5.21 Å². The highest BCUT2D eigenvalue weighted by molar-refractivity contribution is 6.07. The van der Waals surface area contributed by atoms with E-state index in [2.05, 4.69) is 20.8 Å². The summed E-state index contributed by atoms with van der Waals surface area (Å²) in [5.74, 6) is 0. The van der Waals surface area contributed by atoms with Gasteiger partial charge < -0.3 is 0 Å². The smallest absolute Gasteiger partial charge is 0.133 e. The van der Waals surface area contributed by atoms with Crippen molar-refractivity contribution in [3.8, 4) is 0 Å². The highest BCUT2D eigenvalue weighted by atomic mass is 15.4. The molecule has 2 heterocycles. The highest BCUT2D eigenvalue weighted by Crippen LogP contribution is 2.00. The molecule has 1 aliphatic heterocycles. The van der Waals surface area contributed by atoms with Crippen LogP contribution in [0.3, 0.4) is 0 Å². The minimum Gasteiger partial charge on any atom is -0.255 e. The number of aryl methyl sites for hydroxylation is 1. The summed E-state index contributed by atoms with van der Waals surface area (Å²) in [6.07, 6.45) is 5.22. The van der Waals surface area contributed by atoms with Crippen molar-refractivity contribution in [2.45, 2.75) is 0 Å². The molecule has 0 atom stereocenters. The third kappa shape index (κ3) is 1.000. The number of aromatic nitrogens is 3. The summed E-state index contributed by atoms with van der Waals surface area (Å²) >= 11 is 0. The predicted molar refractivity (Wildman–Crippen MR) is 38.8 cm³/mol. The van der Waals surface area contributed by atoms with Crippen LogP contribution >= 0.6 is 0 Å². The molecule has 0 N–H and O–H groups in total. The second-order valence-corrected chi connectivity index (χ2v) is 2.19. The molecule has 55 valence electrons. The lowest BCUT2D eigenvalue weighted by Crippen LogP contribution is -1.94. The molecule has 11 heavy (non-hydrogen) atoms. The molecule has 0 bridgehead atoms. The monoisotopic (exact) mass is 148 g/mol. The number of nitrogens with zero attached hydrogens (tertiary/aromatic N) is 5. The molecule has 2 rings (SSSR count). The molecule has 0 saturated carbocycles. The van der Waals surface area contributed by atoms with E-state index in [4.69, 9.17) is 0 Å². The Morgan fingerprint density at radius 1 is 1.45 bits per heavy atom. The van der Waals surface area contributed by atoms with E-state index in [0.717, 1.165) is 11.4 Å². The maximum Gasteiger partial charge on any atom is 0.133 e. The normalized spacial score (nSPS) is 14.8. The maximum absolute atomic E-state index is 3.87. The second kappa shape index (κ2) is 2.19. The molecule has 5 nitrogen and oxygen atoms in total. The zero-order valence-electron chi connectivity index (χ0n) is 5.97. The van der Waals surface area contributed by atoms with Gasteiger partial charge in [0.2, 0.25) is 0 Å². The standard InChI is InChI=1S/C6H6N5/c1-11-4-6(9-10-11)5-2-3-7-8-5/h2-4H,1H3. The molecule has 0 saturated heterocycles. The van der Waals surface area contributed by atoms with E-state index in [-0.39, 0.29) is 0 Å². The van der Waals surface area contributed by atoms with Gasteiger partial charge >= 0.3 is 0 Å². The van der Waals surface area contributed by atoms with Crippen LogP contribution in [-0.2, 0) is 7.05 Å². The predicted octanol–water partition coefficient (Wildman–Crippen LogP) is -0.349. The summed E-state index contributed by atoms with van der Waals surface area (Å²) in [5, 5.41) is 11.5. The first kappa shape index (κ1) is 6.09. The lowest BCUT2D eigenvalue weighted by atomic mass is 10.3. The number of allylic oxidation sites excluding steroid dienone is 1. The van der Waals surface area contributed by atoms with Crippen molar-refractivity contribution in [3.05, 3.63) is 24.2 Å². The Balaban J connectivity index is 2.36. The SMILES string of the molecule is Cn1cc(C2=N[N]C=C2)nn1. The van der Waals surface area contributed by atoms with Crippen molar-refractivity contribution in [3.63, 3.8) is 0 Å². The van der Waals surface area contributed by atoms with E-state index in [1.807, 2.05) is 7.05 Å². The molecule has 0 unspecified atom stereocenters. The van der Waals surface area contributed by atoms with Gasteiger partial charge in [-0.15, -0.1) is 10.2 Å². The summed E-state index contributed by atoms with van der Waals surface area (Å²) in [6, 6.07) is 0. The van der Waals surface area contributed by atoms with Gasteiger partial charge in [0, 0.05) is 7.05 Å². The Bertz CT molecular complexity index is 321. The van der Waals surface area contributed by atoms with Crippen molar-refractivity contribution in [1.82, 2.24) is 20.4 Å². The molecule has 1 aromatic heterocycles. The Morgan fingerprint density at radius 3 is 2.91 bits per heavy atom. The van der Waals surface area contributed by atoms with E-state index < -0.39 is 0 Å². The van der Waals surface area contributed by atoms with Crippen molar-refractivity contribution in [1.29, 1.82) is 0 Å². The summed E-state index contributed by atoms with van der Waals surface area (Å²) in [5.41, 5.74) is 5.20. The Morgan fingerprint density at radius 2 is 2.36 bits per heavy atom. The van der Waals surface area contributed by atoms with Gasteiger partial charge in [-0.2, -0.15) is 5.43 Å². The largest absolute Gasteiger partial charge is 0.255 e. The van der Waals surface area contributed by atoms with Crippen molar-refractivity contribution in [2.24, 2.45) is 12.1 Å². The maximum atomic E-state index is 3.87. The fourth-order valence-corrected chi connectivity index (χ4v) is 0.834. The van der Waals surface area contributed by atoms with Crippen molar-refractivity contribution in [2.75, 3.05) is 0 Å². The zero-order chi connectivity index (χ0) is 7.68. The molecule has 0 amide bonds. The van der Waals surface area contributed by atoms with Gasteiger partial charge in [0.05, 0.1) is 12.4 Å². The van der Waals surface area contributed by atoms with Crippen LogP contribution in [0.5, 0.6) is 0 Å². The van der Waals surface area contributed by atoms with E-state index in [9.17, 15) is 0 Å². The van der Waals surface area contributed by atoms with Gasteiger partial charge in [0.25, 0.3) is 0 Å². The van der Waals surface area contributed by atoms with Gasteiger partial charge in [-0.3, -0.25) is 4.68 Å². The van der Waals surface area contributed by atoms with E-state index in [1.165, 1.54) is 0 Å². The Hall–Kier alpha value is -1.65. The number of rotatable bonds is 1. The molecular formula is C6H6N5. The summed E-state index contributed by atoms with van der Waals surface area (Å²) < 4.78 is 1.63. The minimum absolute atomic E-state index is 0.755. The molecule has 0 spiro atoms. The molecule has 1 radical (unpaired) electrons. The van der Waals surface area contributed by atoms with Gasteiger partial charge in [0.1, 0.15) is 11.4 Å². The third-order valence-electron chi connectivity index (χ3n) is 1.33. The van der Waals surface area contributed by atoms with Crippen LogP contribution in [0.1, 0.15) is 5.69 Å². The molecule has 5 heteroatoms. The van der Waals surface area contributed by atoms with Gasteiger partial charge in [-0.25, -0.2) is 0 Å². The number of hydrogen-bond donors (Lipinski definition) is 0. The molecular weight excluding hydrogens is 142 g/mol. The first-order valence-corrected chi connectivity index (χ1v) is 3.17. The highest BCUT2D eigenvalue weighted by Gasteiger charge is 2.07. The van der Waals surface area contributed by atoms with Crippen LogP contribution < -0.4 is 5.43 Å². The molecule has 0 aliphatic carbocycles. The zero-order valence-corrected chi connectivity index (χ0v) is 5.97. The van der Waals surface area contributed by atoms with E-state index in [0.29, 0.717) is 0 Å². The van der Waals surface area contributed by atoms with Crippen molar-refractivity contribution < 1.29 is 0 Å². The summed E-state index contributed by atoms with van der Waals surface area (Å²) in [6.45, 7) is 0. The average Bonchev–Trinajstić information content (AvgIpc) is 2.55. The third-order valence-corrected chi connectivity index (χ3v) is 1.33. The Labute approximate surface area is 63.4 Å². The first-order valence-electron chi connectivity index (χ1n) is 3.17. The molecule has 1 aliphatic rings. The molecule has 1 aromatic rings. The van der Waals surface area contributed by atoms with Crippen LogP contribution in [0, 0.1) is 0 Å². The minimum atomic E-state index is 0.755. The Kier molecular flexibility index (Phi) is 1.21. The van der Waals surface area contributed by atoms with Crippen LogP contribution in [-0.4, -0.2) is 20.7 Å². The van der Waals surface area contributed by atoms with E-state index >= 15 is 0 Å². The summed E-state index contributed by atoms with van der Waals surface area (Å²) in [7, 11) is 1.81. The topological polar surface area (TPSA) is 57.2 Å². The van der Waals surface area contributed by atoms with Crippen LogP contribution in [0.25, 0.3) is 0 Å². The lowest BCUT2D eigenvalue weighted by Gasteiger charge is -1.84. The average molecular weight is 148 g/mol. The number of hydrogen-bond acceptors (Lipinski definition) is 3. The van der Waals surface area contributed by atoms with Crippen LogP contribution in [0.15, 0.2) is 23.6 Å². The van der Waals surface area contributed by atoms with Crippen LogP contribution in [0.2, 0.25) is 0 Å². The lowest BCUT2D eigenvalue weighted by molar-refractivity contribution is 0.714.